The molecule has 1 atom stereocenters. The van der Waals surface area contributed by atoms with E-state index in [0.717, 1.165) is 30.4 Å². The van der Waals surface area contributed by atoms with Gasteiger partial charge in [0.05, 0.1) is 13.0 Å². The summed E-state index contributed by atoms with van der Waals surface area (Å²) >= 11 is 0. The van der Waals surface area contributed by atoms with Crippen molar-refractivity contribution in [2.45, 2.75) is 32.6 Å². The summed E-state index contributed by atoms with van der Waals surface area (Å²) in [4.78, 5) is 29.4. The SMILES string of the molecule is CC1CCN(c2ccc(NC(=O)C3CCN(C(=O)CCOc4ccccc4)CC3)cc2)C1. The van der Waals surface area contributed by atoms with E-state index in [1.807, 2.05) is 47.4 Å². The highest BCUT2D eigenvalue weighted by Crippen LogP contribution is 2.26. The maximum absolute atomic E-state index is 12.7. The van der Waals surface area contributed by atoms with E-state index in [1.165, 1.54) is 12.1 Å². The molecule has 2 aliphatic rings. The first-order valence-electron chi connectivity index (χ1n) is 11.7. The smallest absolute Gasteiger partial charge is 0.227 e. The molecule has 2 aromatic carbocycles. The van der Waals surface area contributed by atoms with Gasteiger partial charge >= 0.3 is 0 Å². The van der Waals surface area contributed by atoms with Gasteiger partial charge in [0.15, 0.2) is 0 Å². The molecule has 32 heavy (non-hydrogen) atoms. The average Bonchev–Trinajstić information content (AvgIpc) is 3.26. The highest BCUT2D eigenvalue weighted by Gasteiger charge is 2.27. The molecule has 0 spiro atoms. The Bertz CT molecular complexity index is 892. The molecule has 2 saturated heterocycles. The summed E-state index contributed by atoms with van der Waals surface area (Å²) in [5, 5.41) is 3.05. The molecule has 2 heterocycles. The number of para-hydroxylation sites is 1. The predicted octanol–water partition coefficient (Wildman–Crippen LogP) is 4.18. The Kier molecular flexibility index (Phi) is 7.30. The first-order valence-corrected chi connectivity index (χ1v) is 11.7. The standard InChI is InChI=1S/C26H33N3O3/c1-20-11-15-29(19-20)23-9-7-22(8-10-23)27-26(31)21-12-16-28(17-13-21)25(30)14-18-32-24-5-3-2-4-6-24/h2-10,20-21H,11-19H2,1H3,(H,27,31). The normalized spacial score (nSPS) is 19.1. The van der Waals surface area contributed by atoms with Crippen LogP contribution < -0.4 is 15.0 Å². The van der Waals surface area contributed by atoms with Gasteiger partial charge in [0.25, 0.3) is 0 Å². The third-order valence-electron chi connectivity index (χ3n) is 6.47. The number of likely N-dealkylation sites (tertiary alicyclic amines) is 1. The lowest BCUT2D eigenvalue weighted by molar-refractivity contribution is -0.135. The summed E-state index contributed by atoms with van der Waals surface area (Å²) in [5.74, 6) is 1.60. The highest BCUT2D eigenvalue weighted by molar-refractivity contribution is 5.93. The van der Waals surface area contributed by atoms with Crippen molar-refractivity contribution in [3.8, 4) is 5.75 Å². The second kappa shape index (κ2) is 10.5. The Balaban J connectivity index is 1.18. The van der Waals surface area contributed by atoms with E-state index in [2.05, 4.69) is 29.3 Å². The number of carbonyl (C=O) groups excluding carboxylic acids is 2. The number of piperidine rings is 1. The molecule has 170 valence electrons. The van der Waals surface area contributed by atoms with Crippen LogP contribution in [0.15, 0.2) is 54.6 Å². The van der Waals surface area contributed by atoms with Crippen molar-refractivity contribution in [2.24, 2.45) is 11.8 Å². The maximum Gasteiger partial charge on any atom is 0.227 e. The molecule has 1 unspecified atom stereocenters. The Morgan fingerprint density at radius 1 is 0.969 bits per heavy atom. The van der Waals surface area contributed by atoms with Gasteiger partial charge in [0, 0.05) is 43.5 Å². The highest BCUT2D eigenvalue weighted by atomic mass is 16.5. The van der Waals surface area contributed by atoms with Gasteiger partial charge in [-0.05, 0) is 61.6 Å². The second-order valence-electron chi connectivity index (χ2n) is 8.94. The molecule has 2 aliphatic heterocycles. The molecule has 0 saturated carbocycles. The Hall–Kier alpha value is -3.02. The van der Waals surface area contributed by atoms with Gasteiger partial charge < -0.3 is 19.9 Å². The number of carbonyl (C=O) groups is 2. The first kappa shape index (κ1) is 22.2. The van der Waals surface area contributed by atoms with E-state index in [4.69, 9.17) is 4.74 Å². The minimum atomic E-state index is -0.0567. The number of benzene rings is 2. The van der Waals surface area contributed by atoms with Crippen LogP contribution in [-0.4, -0.2) is 49.5 Å². The lowest BCUT2D eigenvalue weighted by Crippen LogP contribution is -2.41. The van der Waals surface area contributed by atoms with Gasteiger partial charge in [-0.25, -0.2) is 0 Å². The molecular formula is C26H33N3O3. The van der Waals surface area contributed by atoms with Crippen LogP contribution in [0, 0.1) is 11.8 Å². The number of hydrogen-bond acceptors (Lipinski definition) is 4. The largest absolute Gasteiger partial charge is 0.493 e. The summed E-state index contributed by atoms with van der Waals surface area (Å²) in [7, 11) is 0. The molecule has 1 N–H and O–H groups in total. The minimum Gasteiger partial charge on any atom is -0.493 e. The number of ether oxygens (including phenoxy) is 1. The fourth-order valence-electron chi connectivity index (χ4n) is 4.49. The predicted molar refractivity (Wildman–Crippen MR) is 127 cm³/mol. The van der Waals surface area contributed by atoms with Crippen LogP contribution in [0.5, 0.6) is 5.75 Å². The quantitative estimate of drug-likeness (QED) is 0.709. The van der Waals surface area contributed by atoms with Crippen molar-refractivity contribution in [1.29, 1.82) is 0 Å². The van der Waals surface area contributed by atoms with E-state index >= 15 is 0 Å². The van der Waals surface area contributed by atoms with Gasteiger partial charge in [0.2, 0.25) is 11.8 Å². The summed E-state index contributed by atoms with van der Waals surface area (Å²) < 4.78 is 5.62. The van der Waals surface area contributed by atoms with E-state index in [0.29, 0.717) is 39.0 Å². The molecule has 0 bridgehead atoms. The first-order chi connectivity index (χ1) is 15.6. The number of nitrogens with zero attached hydrogens (tertiary/aromatic N) is 2. The fourth-order valence-corrected chi connectivity index (χ4v) is 4.49. The lowest BCUT2D eigenvalue weighted by Gasteiger charge is -2.31. The Morgan fingerprint density at radius 3 is 2.34 bits per heavy atom. The van der Waals surface area contributed by atoms with Crippen molar-refractivity contribution in [3.63, 3.8) is 0 Å². The molecule has 2 amide bonds. The molecular weight excluding hydrogens is 402 g/mol. The molecule has 2 aromatic rings. The molecule has 0 radical (unpaired) electrons. The van der Waals surface area contributed by atoms with Crippen molar-refractivity contribution in [2.75, 3.05) is 43.0 Å². The van der Waals surface area contributed by atoms with E-state index in [9.17, 15) is 9.59 Å². The summed E-state index contributed by atoms with van der Waals surface area (Å²) in [6.07, 6.45) is 2.98. The molecule has 4 rings (SSSR count). The third-order valence-corrected chi connectivity index (χ3v) is 6.47. The molecule has 0 aromatic heterocycles. The van der Waals surface area contributed by atoms with Gasteiger partial charge in [0.1, 0.15) is 5.75 Å². The van der Waals surface area contributed by atoms with Gasteiger partial charge in [-0.2, -0.15) is 0 Å². The monoisotopic (exact) mass is 435 g/mol. The zero-order valence-corrected chi connectivity index (χ0v) is 18.8. The van der Waals surface area contributed by atoms with Crippen LogP contribution >= 0.6 is 0 Å². The minimum absolute atomic E-state index is 0.0482. The maximum atomic E-state index is 12.7. The summed E-state index contributed by atoms with van der Waals surface area (Å²) in [6, 6.07) is 17.7. The van der Waals surface area contributed by atoms with Gasteiger partial charge in [-0.1, -0.05) is 25.1 Å². The number of anilines is 2. The zero-order valence-electron chi connectivity index (χ0n) is 18.8. The number of amides is 2. The van der Waals surface area contributed by atoms with Crippen LogP contribution in [0.1, 0.15) is 32.6 Å². The van der Waals surface area contributed by atoms with Crippen molar-refractivity contribution in [3.05, 3.63) is 54.6 Å². The molecule has 0 aliphatic carbocycles. The molecule has 6 heteroatoms. The Morgan fingerprint density at radius 2 is 1.69 bits per heavy atom. The van der Waals surface area contributed by atoms with E-state index in [-0.39, 0.29) is 17.7 Å². The summed E-state index contributed by atoms with van der Waals surface area (Å²) in [5.41, 5.74) is 2.05. The van der Waals surface area contributed by atoms with Crippen molar-refractivity contribution in [1.82, 2.24) is 4.90 Å². The van der Waals surface area contributed by atoms with Crippen LogP contribution in [0.4, 0.5) is 11.4 Å². The van der Waals surface area contributed by atoms with Crippen LogP contribution in [0.2, 0.25) is 0 Å². The number of hydrogen-bond donors (Lipinski definition) is 1. The topological polar surface area (TPSA) is 61.9 Å². The zero-order chi connectivity index (χ0) is 22.3. The molecule has 2 fully saturated rings. The third kappa shape index (κ3) is 5.81. The number of nitrogens with one attached hydrogen (secondary N) is 1. The van der Waals surface area contributed by atoms with E-state index in [1.54, 1.807) is 0 Å². The van der Waals surface area contributed by atoms with Gasteiger partial charge in [-0.3, -0.25) is 9.59 Å². The van der Waals surface area contributed by atoms with Crippen LogP contribution in [0.25, 0.3) is 0 Å². The Labute approximate surface area is 190 Å². The number of rotatable bonds is 7. The van der Waals surface area contributed by atoms with Gasteiger partial charge in [-0.15, -0.1) is 0 Å². The summed E-state index contributed by atoms with van der Waals surface area (Å²) in [6.45, 7) is 6.09. The van der Waals surface area contributed by atoms with E-state index < -0.39 is 0 Å². The average molecular weight is 436 g/mol. The second-order valence-corrected chi connectivity index (χ2v) is 8.94. The van der Waals surface area contributed by atoms with Crippen molar-refractivity contribution < 1.29 is 14.3 Å². The van der Waals surface area contributed by atoms with Crippen molar-refractivity contribution >= 4 is 23.2 Å². The lowest BCUT2D eigenvalue weighted by atomic mass is 9.95. The van der Waals surface area contributed by atoms with Crippen LogP contribution in [-0.2, 0) is 9.59 Å². The molecule has 6 nitrogen and oxygen atoms in total. The fraction of sp³-hybridized carbons (Fsp3) is 0.462. The van der Waals surface area contributed by atoms with Crippen LogP contribution in [0.3, 0.4) is 0 Å².